The van der Waals surface area contributed by atoms with E-state index in [0.717, 1.165) is 0 Å². The average molecular weight is 283 g/mol. The molecule has 0 radical (unpaired) electrons. The Morgan fingerprint density at radius 1 is 1.53 bits per heavy atom. The zero-order valence-electron chi connectivity index (χ0n) is 10.9. The Morgan fingerprint density at radius 3 is 2.68 bits per heavy atom. The fraction of sp³-hybridized carbons (Fsp3) is 0.417. The van der Waals surface area contributed by atoms with Crippen molar-refractivity contribution in [2.45, 2.75) is 24.3 Å². The minimum absolute atomic E-state index is 0.0378. The first-order chi connectivity index (χ1) is 8.90. The largest absolute Gasteiger partial charge is 0.368 e. The number of carbonyl (C=O) groups excluding carboxylic acids is 1. The number of primary amides is 1. The van der Waals surface area contributed by atoms with Crippen LogP contribution in [0.1, 0.15) is 13.8 Å². The average Bonchev–Trinajstić information content (AvgIpc) is 2.36. The van der Waals surface area contributed by atoms with Crippen molar-refractivity contribution in [2.24, 2.45) is 5.73 Å². The van der Waals surface area contributed by atoms with Crippen LogP contribution in [0.5, 0.6) is 0 Å². The normalized spacial score (nSPS) is 13.8. The molecule has 0 fully saturated rings. The minimum atomic E-state index is -0.886. The van der Waals surface area contributed by atoms with E-state index in [-0.39, 0.29) is 5.69 Å². The first kappa shape index (κ1) is 15.5. The third kappa shape index (κ3) is 3.93. The molecule has 0 aliphatic heterocycles. The number of nitrogens with two attached hydrogens (primary N) is 1. The third-order valence-electron chi connectivity index (χ3n) is 2.69. The summed E-state index contributed by atoms with van der Waals surface area (Å²) in [5.74, 6) is -0.137. The second-order valence-electron chi connectivity index (χ2n) is 4.24. The Kier molecular flexibility index (Phi) is 5.31. The predicted octanol–water partition coefficient (Wildman–Crippen LogP) is 1.54. The Morgan fingerprint density at radius 2 is 2.16 bits per heavy atom. The van der Waals surface area contributed by atoms with E-state index in [0.29, 0.717) is 17.2 Å². The molecule has 0 bridgehead atoms. The van der Waals surface area contributed by atoms with E-state index < -0.39 is 16.4 Å². The van der Waals surface area contributed by atoms with Gasteiger partial charge in [0.05, 0.1) is 9.82 Å². The maximum atomic E-state index is 11.5. The highest BCUT2D eigenvalue weighted by molar-refractivity contribution is 7.99. The summed E-state index contributed by atoms with van der Waals surface area (Å²) in [6.45, 7) is 4.16. The predicted molar refractivity (Wildman–Crippen MR) is 75.1 cm³/mol. The number of benzene rings is 1. The van der Waals surface area contributed by atoms with E-state index in [1.54, 1.807) is 25.1 Å². The molecule has 0 aliphatic carbocycles. The second kappa shape index (κ2) is 6.53. The number of likely N-dealkylation sites (N-methyl/N-ethyl adjacent to an activating group) is 1. The zero-order valence-corrected chi connectivity index (χ0v) is 11.7. The number of nitrogens with zero attached hydrogens (tertiary/aromatic N) is 1. The molecule has 1 amide bonds. The third-order valence-corrected chi connectivity index (χ3v) is 4.07. The number of nitrogens with one attached hydrogen (secondary N) is 1. The Hall–Kier alpha value is -1.60. The van der Waals surface area contributed by atoms with Crippen molar-refractivity contribution in [2.75, 3.05) is 12.3 Å². The van der Waals surface area contributed by atoms with Crippen molar-refractivity contribution in [3.63, 3.8) is 0 Å². The molecule has 6 nitrogen and oxygen atoms in total. The monoisotopic (exact) mass is 283 g/mol. The van der Waals surface area contributed by atoms with Gasteiger partial charge in [-0.15, -0.1) is 11.8 Å². The van der Waals surface area contributed by atoms with Crippen LogP contribution in [0.4, 0.5) is 5.69 Å². The van der Waals surface area contributed by atoms with Gasteiger partial charge in [-0.25, -0.2) is 0 Å². The van der Waals surface area contributed by atoms with E-state index in [1.165, 1.54) is 17.8 Å². The molecule has 0 aliphatic rings. The van der Waals surface area contributed by atoms with Crippen LogP contribution in [-0.2, 0) is 4.79 Å². The van der Waals surface area contributed by atoms with Crippen molar-refractivity contribution in [3.8, 4) is 0 Å². The van der Waals surface area contributed by atoms with Crippen LogP contribution in [0.25, 0.3) is 0 Å². The van der Waals surface area contributed by atoms with Gasteiger partial charge in [0.15, 0.2) is 0 Å². The van der Waals surface area contributed by atoms with Crippen LogP contribution in [0, 0.1) is 10.1 Å². The van der Waals surface area contributed by atoms with Gasteiger partial charge in [-0.2, -0.15) is 0 Å². The Balaban J connectivity index is 2.86. The highest BCUT2D eigenvalue weighted by atomic mass is 32.2. The second-order valence-corrected chi connectivity index (χ2v) is 5.26. The smallest absolute Gasteiger partial charge is 0.282 e. The van der Waals surface area contributed by atoms with E-state index in [1.807, 2.05) is 6.92 Å². The molecule has 1 aromatic rings. The first-order valence-electron chi connectivity index (χ1n) is 5.82. The molecule has 19 heavy (non-hydrogen) atoms. The number of nitro benzene ring substituents is 1. The molecular formula is C12H17N3O3S. The number of carbonyl (C=O) groups is 1. The Bertz CT molecular complexity index is 481. The van der Waals surface area contributed by atoms with Gasteiger partial charge in [0.25, 0.3) is 5.69 Å². The zero-order chi connectivity index (χ0) is 14.5. The van der Waals surface area contributed by atoms with Gasteiger partial charge in [0, 0.05) is 11.8 Å². The maximum absolute atomic E-state index is 11.5. The van der Waals surface area contributed by atoms with Crippen LogP contribution in [0.3, 0.4) is 0 Å². The lowest BCUT2D eigenvalue weighted by Crippen LogP contribution is -2.55. The summed E-state index contributed by atoms with van der Waals surface area (Å²) >= 11 is 1.25. The summed E-state index contributed by atoms with van der Waals surface area (Å²) in [5.41, 5.74) is 4.52. The van der Waals surface area contributed by atoms with Crippen molar-refractivity contribution in [1.29, 1.82) is 0 Å². The van der Waals surface area contributed by atoms with Crippen LogP contribution in [0.2, 0.25) is 0 Å². The summed E-state index contributed by atoms with van der Waals surface area (Å²) < 4.78 is 0. The standard InChI is InChI=1S/C12H17N3O3S/c1-3-14-12(2,11(13)16)8-19-10-7-5-4-6-9(10)15(17)18/h4-7,14H,3,8H2,1-2H3,(H2,13,16). The number of nitro groups is 1. The van der Waals surface area contributed by atoms with Crippen LogP contribution >= 0.6 is 11.8 Å². The highest BCUT2D eigenvalue weighted by Crippen LogP contribution is 2.30. The molecule has 1 rings (SSSR count). The lowest BCUT2D eigenvalue weighted by molar-refractivity contribution is -0.387. The molecule has 0 heterocycles. The summed E-state index contributed by atoms with van der Waals surface area (Å²) in [7, 11) is 0. The van der Waals surface area contributed by atoms with E-state index >= 15 is 0 Å². The highest BCUT2D eigenvalue weighted by Gasteiger charge is 2.30. The van der Waals surface area contributed by atoms with Gasteiger partial charge >= 0.3 is 0 Å². The quantitative estimate of drug-likeness (QED) is 0.449. The van der Waals surface area contributed by atoms with Gasteiger partial charge in [-0.05, 0) is 19.5 Å². The van der Waals surface area contributed by atoms with Crippen molar-refractivity contribution < 1.29 is 9.72 Å². The number of hydrogen-bond acceptors (Lipinski definition) is 5. The molecule has 0 saturated heterocycles. The number of amides is 1. The Labute approximate surface area is 115 Å². The summed E-state index contributed by atoms with van der Waals surface area (Å²) in [6.07, 6.45) is 0. The minimum Gasteiger partial charge on any atom is -0.368 e. The van der Waals surface area contributed by atoms with E-state index in [4.69, 9.17) is 5.73 Å². The van der Waals surface area contributed by atoms with Crippen molar-refractivity contribution >= 4 is 23.4 Å². The molecular weight excluding hydrogens is 266 g/mol. The van der Waals surface area contributed by atoms with E-state index in [9.17, 15) is 14.9 Å². The lowest BCUT2D eigenvalue weighted by atomic mass is 10.1. The van der Waals surface area contributed by atoms with Crippen LogP contribution in [0.15, 0.2) is 29.2 Å². The summed E-state index contributed by atoms with van der Waals surface area (Å²) in [5, 5.41) is 13.9. The molecule has 3 N–H and O–H groups in total. The number of rotatable bonds is 7. The molecule has 1 atom stereocenters. The van der Waals surface area contributed by atoms with Gasteiger partial charge in [-0.1, -0.05) is 19.1 Å². The molecule has 0 spiro atoms. The maximum Gasteiger partial charge on any atom is 0.282 e. The van der Waals surface area contributed by atoms with Crippen molar-refractivity contribution in [3.05, 3.63) is 34.4 Å². The molecule has 104 valence electrons. The molecule has 1 aromatic carbocycles. The number of para-hydroxylation sites is 1. The molecule has 7 heteroatoms. The van der Waals surface area contributed by atoms with Crippen LogP contribution in [-0.4, -0.2) is 28.7 Å². The molecule has 0 aromatic heterocycles. The lowest BCUT2D eigenvalue weighted by Gasteiger charge is -2.26. The van der Waals surface area contributed by atoms with Crippen molar-refractivity contribution in [1.82, 2.24) is 5.32 Å². The van der Waals surface area contributed by atoms with E-state index in [2.05, 4.69) is 5.32 Å². The number of hydrogen-bond donors (Lipinski definition) is 2. The summed E-state index contributed by atoms with van der Waals surface area (Å²) in [4.78, 5) is 22.4. The summed E-state index contributed by atoms with van der Waals surface area (Å²) in [6, 6.07) is 6.44. The fourth-order valence-corrected chi connectivity index (χ4v) is 2.71. The first-order valence-corrected chi connectivity index (χ1v) is 6.80. The van der Waals surface area contributed by atoms with Gasteiger partial charge in [-0.3, -0.25) is 14.9 Å². The SMILES string of the molecule is CCNC(C)(CSc1ccccc1[N+](=O)[O-])C(N)=O. The van der Waals surface area contributed by atoms with Gasteiger partial charge in [0.1, 0.15) is 5.54 Å². The topological polar surface area (TPSA) is 98.3 Å². The number of thioether (sulfide) groups is 1. The van der Waals surface area contributed by atoms with Crippen LogP contribution < -0.4 is 11.1 Å². The fourth-order valence-electron chi connectivity index (χ4n) is 1.55. The molecule has 0 saturated carbocycles. The van der Waals surface area contributed by atoms with Gasteiger partial charge in [0.2, 0.25) is 5.91 Å². The van der Waals surface area contributed by atoms with Gasteiger partial charge < -0.3 is 11.1 Å². The molecule has 1 unspecified atom stereocenters.